The lowest BCUT2D eigenvalue weighted by Crippen LogP contribution is -2.27. The van der Waals surface area contributed by atoms with Gasteiger partial charge in [0.1, 0.15) is 6.54 Å². The van der Waals surface area contributed by atoms with Crippen molar-refractivity contribution in [3.63, 3.8) is 0 Å². The lowest BCUT2D eigenvalue weighted by molar-refractivity contribution is -0.141. The van der Waals surface area contributed by atoms with Gasteiger partial charge in [0.05, 0.1) is 12.7 Å². The van der Waals surface area contributed by atoms with Crippen LogP contribution in [-0.4, -0.2) is 28.8 Å². The molecule has 6 nitrogen and oxygen atoms in total. The van der Waals surface area contributed by atoms with Gasteiger partial charge in [0.25, 0.3) is 0 Å². The summed E-state index contributed by atoms with van der Waals surface area (Å²) in [5.74, 6) is -0.950. The molecule has 128 valence electrons. The molecule has 9 heteroatoms. The Bertz CT molecular complexity index is 724. The Morgan fingerprint density at radius 3 is 2.42 bits per heavy atom. The van der Waals surface area contributed by atoms with Gasteiger partial charge in [-0.05, 0) is 23.8 Å². The van der Waals surface area contributed by atoms with Gasteiger partial charge in [-0.15, -0.1) is 0 Å². The number of nitrogens with zero attached hydrogens (tertiary/aromatic N) is 2. The summed E-state index contributed by atoms with van der Waals surface area (Å²) in [5, 5.41) is 5.86. The number of rotatable bonds is 5. The highest BCUT2D eigenvalue weighted by Gasteiger charge is 2.33. The van der Waals surface area contributed by atoms with Crippen LogP contribution in [0.5, 0.6) is 0 Å². The summed E-state index contributed by atoms with van der Waals surface area (Å²) in [7, 11) is 1.27. The molecule has 0 saturated carbocycles. The molecule has 2 rings (SSSR count). The van der Waals surface area contributed by atoms with Crippen LogP contribution in [0, 0.1) is 0 Å². The molecule has 0 aliphatic rings. The largest absolute Gasteiger partial charge is 0.465 e. The monoisotopic (exact) mass is 341 g/mol. The molecule has 2 aromatic rings. The minimum absolute atomic E-state index is 0.174. The van der Waals surface area contributed by atoms with Crippen molar-refractivity contribution in [2.24, 2.45) is 0 Å². The first-order valence-electron chi connectivity index (χ1n) is 6.84. The fraction of sp³-hybridized carbons (Fsp3) is 0.267. The average Bonchev–Trinajstić information content (AvgIpc) is 3.01. The van der Waals surface area contributed by atoms with Crippen molar-refractivity contribution in [3.05, 3.63) is 53.3 Å². The zero-order valence-electron chi connectivity index (χ0n) is 12.6. The van der Waals surface area contributed by atoms with E-state index in [9.17, 15) is 22.8 Å². The summed E-state index contributed by atoms with van der Waals surface area (Å²) in [4.78, 5) is 23.0. The fourth-order valence-electron chi connectivity index (χ4n) is 1.88. The second-order valence-electron chi connectivity index (χ2n) is 4.86. The summed E-state index contributed by atoms with van der Waals surface area (Å²) < 4.78 is 42.7. The minimum atomic E-state index is -4.54. The Labute approximate surface area is 135 Å². The number of hydrogen-bond donors (Lipinski definition) is 1. The van der Waals surface area contributed by atoms with E-state index in [0.717, 1.165) is 22.5 Å². The Hall–Kier alpha value is -2.84. The summed E-state index contributed by atoms with van der Waals surface area (Å²) >= 11 is 0. The van der Waals surface area contributed by atoms with Gasteiger partial charge in [-0.2, -0.15) is 18.3 Å². The molecule has 1 N–H and O–H groups in total. The van der Waals surface area contributed by atoms with E-state index in [0.29, 0.717) is 5.56 Å². The molecule has 0 saturated heterocycles. The van der Waals surface area contributed by atoms with Crippen LogP contribution in [0.3, 0.4) is 0 Å². The number of benzene rings is 1. The summed E-state index contributed by atoms with van der Waals surface area (Å²) in [6.07, 6.45) is -3.45. The summed E-state index contributed by atoms with van der Waals surface area (Å²) in [6, 6.07) is 7.19. The zero-order valence-corrected chi connectivity index (χ0v) is 12.6. The van der Waals surface area contributed by atoms with Crippen LogP contribution in [0.15, 0.2) is 36.5 Å². The SMILES string of the molecule is COC(=O)c1ccc(CNC(=O)Cn2ccc(C(F)(F)F)n2)cc1. The number of esters is 1. The van der Waals surface area contributed by atoms with Gasteiger partial charge < -0.3 is 10.1 Å². The smallest absolute Gasteiger partial charge is 0.435 e. The van der Waals surface area contributed by atoms with Crippen LogP contribution in [0.1, 0.15) is 21.6 Å². The second-order valence-corrected chi connectivity index (χ2v) is 4.86. The third-order valence-electron chi connectivity index (χ3n) is 3.10. The molecule has 0 aliphatic heterocycles. The zero-order chi connectivity index (χ0) is 17.7. The van der Waals surface area contributed by atoms with Crippen LogP contribution in [0.25, 0.3) is 0 Å². The van der Waals surface area contributed by atoms with Gasteiger partial charge >= 0.3 is 12.1 Å². The molecule has 1 aromatic carbocycles. The van der Waals surface area contributed by atoms with Crippen LogP contribution < -0.4 is 5.32 Å². The van der Waals surface area contributed by atoms with E-state index in [4.69, 9.17) is 0 Å². The molecule has 1 amide bonds. The Morgan fingerprint density at radius 2 is 1.88 bits per heavy atom. The average molecular weight is 341 g/mol. The predicted octanol–water partition coefficient (Wildman–Crippen LogP) is 2.00. The van der Waals surface area contributed by atoms with E-state index in [1.54, 1.807) is 24.3 Å². The molecule has 1 heterocycles. The van der Waals surface area contributed by atoms with Crippen molar-refractivity contribution in [2.45, 2.75) is 19.3 Å². The number of methoxy groups -OCH3 is 1. The first-order valence-corrected chi connectivity index (χ1v) is 6.84. The van der Waals surface area contributed by atoms with E-state index >= 15 is 0 Å². The van der Waals surface area contributed by atoms with Crippen molar-refractivity contribution in [1.29, 1.82) is 0 Å². The Balaban J connectivity index is 1.87. The van der Waals surface area contributed by atoms with Crippen molar-refractivity contribution >= 4 is 11.9 Å². The van der Waals surface area contributed by atoms with Crippen molar-refractivity contribution < 1.29 is 27.5 Å². The van der Waals surface area contributed by atoms with Crippen LogP contribution in [0.2, 0.25) is 0 Å². The van der Waals surface area contributed by atoms with Crippen LogP contribution in [-0.2, 0) is 28.8 Å². The number of halogens is 3. The molecule has 0 unspecified atom stereocenters. The summed E-state index contributed by atoms with van der Waals surface area (Å²) in [6.45, 7) is -0.149. The molecule has 0 radical (unpaired) electrons. The van der Waals surface area contributed by atoms with E-state index in [1.807, 2.05) is 0 Å². The fourth-order valence-corrected chi connectivity index (χ4v) is 1.88. The number of aromatic nitrogens is 2. The normalized spacial score (nSPS) is 11.2. The first kappa shape index (κ1) is 17.5. The first-order chi connectivity index (χ1) is 11.3. The maximum atomic E-state index is 12.4. The Kier molecular flexibility index (Phi) is 5.22. The molecule has 0 atom stereocenters. The molecule has 1 aromatic heterocycles. The predicted molar refractivity (Wildman–Crippen MR) is 76.9 cm³/mol. The van der Waals surface area contributed by atoms with E-state index in [1.165, 1.54) is 7.11 Å². The van der Waals surface area contributed by atoms with Crippen LogP contribution >= 0.6 is 0 Å². The van der Waals surface area contributed by atoms with Crippen molar-refractivity contribution in [1.82, 2.24) is 15.1 Å². The molecular weight excluding hydrogens is 327 g/mol. The van der Waals surface area contributed by atoms with Crippen molar-refractivity contribution in [3.8, 4) is 0 Å². The number of amides is 1. The van der Waals surface area contributed by atoms with Gasteiger partial charge in [-0.3, -0.25) is 9.48 Å². The topological polar surface area (TPSA) is 73.2 Å². The summed E-state index contributed by atoms with van der Waals surface area (Å²) in [5.41, 5.74) is 0.0601. The number of alkyl halides is 3. The number of ether oxygens (including phenoxy) is 1. The quantitative estimate of drug-likeness (QED) is 0.845. The number of nitrogens with one attached hydrogen (secondary N) is 1. The number of carbonyl (C=O) groups is 2. The lowest BCUT2D eigenvalue weighted by atomic mass is 10.1. The molecule has 0 aliphatic carbocycles. The maximum Gasteiger partial charge on any atom is 0.435 e. The highest BCUT2D eigenvalue weighted by molar-refractivity contribution is 5.89. The molecule has 0 bridgehead atoms. The van der Waals surface area contributed by atoms with Crippen molar-refractivity contribution in [2.75, 3.05) is 7.11 Å². The second kappa shape index (κ2) is 7.16. The number of carbonyl (C=O) groups excluding carboxylic acids is 2. The van der Waals surface area contributed by atoms with E-state index in [-0.39, 0.29) is 13.1 Å². The van der Waals surface area contributed by atoms with Crippen LogP contribution in [0.4, 0.5) is 13.2 Å². The highest BCUT2D eigenvalue weighted by atomic mass is 19.4. The van der Waals surface area contributed by atoms with Gasteiger partial charge in [0.15, 0.2) is 5.69 Å². The minimum Gasteiger partial charge on any atom is -0.465 e. The van der Waals surface area contributed by atoms with E-state index < -0.39 is 23.7 Å². The standard InChI is InChI=1S/C15H14F3N3O3/c1-24-14(23)11-4-2-10(3-5-11)8-19-13(22)9-21-7-6-12(20-21)15(16,17)18/h2-7H,8-9H2,1H3,(H,19,22). The molecule has 24 heavy (non-hydrogen) atoms. The highest BCUT2D eigenvalue weighted by Crippen LogP contribution is 2.27. The van der Waals surface area contributed by atoms with Gasteiger partial charge in [-0.1, -0.05) is 12.1 Å². The van der Waals surface area contributed by atoms with E-state index in [2.05, 4.69) is 15.2 Å². The lowest BCUT2D eigenvalue weighted by Gasteiger charge is -2.07. The van der Waals surface area contributed by atoms with Gasteiger partial charge in [-0.25, -0.2) is 4.79 Å². The number of hydrogen-bond acceptors (Lipinski definition) is 4. The third kappa shape index (κ3) is 4.58. The molecular formula is C15H14F3N3O3. The third-order valence-corrected chi connectivity index (χ3v) is 3.10. The Morgan fingerprint density at radius 1 is 1.21 bits per heavy atom. The molecule has 0 spiro atoms. The van der Waals surface area contributed by atoms with Gasteiger partial charge in [0, 0.05) is 12.7 Å². The van der Waals surface area contributed by atoms with Gasteiger partial charge in [0.2, 0.25) is 5.91 Å². The molecule has 0 fully saturated rings. The maximum absolute atomic E-state index is 12.4.